The summed E-state index contributed by atoms with van der Waals surface area (Å²) in [5, 5.41) is 0. The number of sulfonamides is 1. The van der Waals surface area contributed by atoms with Gasteiger partial charge in [-0.3, -0.25) is 0 Å². The molecular formula is C17H28IN5O3S. The molecule has 1 aromatic carbocycles. The van der Waals surface area contributed by atoms with Crippen LogP contribution in [-0.2, 0) is 21.3 Å². The number of nitrogens with two attached hydrogens (primary N) is 1. The third-order valence-electron chi connectivity index (χ3n) is 4.80. The fourth-order valence-corrected chi connectivity index (χ4v) is 4.75. The molecule has 10 heteroatoms. The Bertz CT molecular complexity index is 745. The summed E-state index contributed by atoms with van der Waals surface area (Å²) in [4.78, 5) is 8.83. The van der Waals surface area contributed by atoms with Gasteiger partial charge in [0, 0.05) is 39.3 Å². The Morgan fingerprint density at radius 2 is 1.74 bits per heavy atom. The Morgan fingerprint density at radius 3 is 2.41 bits per heavy atom. The number of hydrogen-bond donors (Lipinski definition) is 1. The molecule has 0 spiro atoms. The summed E-state index contributed by atoms with van der Waals surface area (Å²) in [7, 11) is -1.52. The number of halogens is 1. The Labute approximate surface area is 178 Å². The maximum atomic E-state index is 13.1. The SMILES string of the molecule is CN1CCN(S(=O)(=O)c2ccccc2CN=C(N)N2CCOCC2)CC1.I. The number of rotatable bonds is 4. The molecule has 0 amide bonds. The number of aliphatic imine (C=N–C) groups is 1. The number of nitrogens with zero attached hydrogens (tertiary/aromatic N) is 4. The molecule has 0 saturated carbocycles. The minimum atomic E-state index is -3.53. The van der Waals surface area contributed by atoms with E-state index in [0.717, 1.165) is 13.1 Å². The zero-order chi connectivity index (χ0) is 18.6. The van der Waals surface area contributed by atoms with E-state index < -0.39 is 10.0 Å². The van der Waals surface area contributed by atoms with Gasteiger partial charge in [-0.15, -0.1) is 24.0 Å². The van der Waals surface area contributed by atoms with Crippen LogP contribution in [0, 0.1) is 0 Å². The number of benzene rings is 1. The number of morpholine rings is 1. The number of piperazine rings is 1. The maximum Gasteiger partial charge on any atom is 0.243 e. The van der Waals surface area contributed by atoms with E-state index in [0.29, 0.717) is 55.8 Å². The van der Waals surface area contributed by atoms with Crippen LogP contribution in [0.2, 0.25) is 0 Å². The van der Waals surface area contributed by atoms with Crippen LogP contribution >= 0.6 is 24.0 Å². The fourth-order valence-electron chi connectivity index (χ4n) is 3.11. The van der Waals surface area contributed by atoms with Crippen molar-refractivity contribution in [1.82, 2.24) is 14.1 Å². The van der Waals surface area contributed by atoms with E-state index in [2.05, 4.69) is 9.89 Å². The number of likely N-dealkylation sites (N-methyl/N-ethyl adjacent to an activating group) is 1. The molecule has 0 atom stereocenters. The standard InChI is InChI=1S/C17H27N5O3S.HI/c1-20-6-8-22(9-7-20)26(23,24)16-5-3-2-4-15(16)14-19-17(18)21-10-12-25-13-11-21;/h2-5H,6-14H2,1H3,(H2,18,19);1H. The van der Waals surface area contributed by atoms with Crippen molar-refractivity contribution in [2.75, 3.05) is 59.5 Å². The third kappa shape index (κ3) is 5.53. The minimum absolute atomic E-state index is 0. The first-order valence-corrected chi connectivity index (χ1v) is 10.3. The second kappa shape index (κ2) is 10.0. The van der Waals surface area contributed by atoms with Gasteiger partial charge >= 0.3 is 0 Å². The van der Waals surface area contributed by atoms with E-state index in [-0.39, 0.29) is 30.5 Å². The summed E-state index contributed by atoms with van der Waals surface area (Å²) in [5.41, 5.74) is 6.74. The molecule has 2 aliphatic rings. The van der Waals surface area contributed by atoms with Gasteiger partial charge in [0.05, 0.1) is 24.7 Å². The van der Waals surface area contributed by atoms with Crippen LogP contribution in [-0.4, -0.2) is 88.0 Å². The van der Waals surface area contributed by atoms with Crippen molar-refractivity contribution in [3.8, 4) is 0 Å². The van der Waals surface area contributed by atoms with Crippen molar-refractivity contribution in [3.05, 3.63) is 29.8 Å². The van der Waals surface area contributed by atoms with Crippen molar-refractivity contribution in [1.29, 1.82) is 0 Å². The summed E-state index contributed by atoms with van der Waals surface area (Å²) < 4.78 is 33.0. The van der Waals surface area contributed by atoms with E-state index >= 15 is 0 Å². The Balaban J connectivity index is 0.00000261. The van der Waals surface area contributed by atoms with Gasteiger partial charge in [-0.1, -0.05) is 18.2 Å². The molecule has 8 nitrogen and oxygen atoms in total. The van der Waals surface area contributed by atoms with Crippen molar-refractivity contribution < 1.29 is 13.2 Å². The average molecular weight is 509 g/mol. The molecule has 2 saturated heterocycles. The molecule has 3 rings (SSSR count). The van der Waals surface area contributed by atoms with Crippen LogP contribution in [0.5, 0.6) is 0 Å². The molecule has 0 radical (unpaired) electrons. The first kappa shape index (κ1) is 22.3. The van der Waals surface area contributed by atoms with Gasteiger partial charge in [0.15, 0.2) is 5.96 Å². The van der Waals surface area contributed by atoms with Crippen LogP contribution < -0.4 is 5.73 Å². The highest BCUT2D eigenvalue weighted by molar-refractivity contribution is 14.0. The highest BCUT2D eigenvalue weighted by Crippen LogP contribution is 2.22. The van der Waals surface area contributed by atoms with E-state index in [1.165, 1.54) is 0 Å². The molecule has 1 aromatic rings. The molecule has 2 fully saturated rings. The smallest absolute Gasteiger partial charge is 0.243 e. The lowest BCUT2D eigenvalue weighted by Gasteiger charge is -2.32. The Hall–Kier alpha value is -0.950. The monoisotopic (exact) mass is 509 g/mol. The maximum absolute atomic E-state index is 13.1. The van der Waals surface area contributed by atoms with E-state index in [1.54, 1.807) is 22.5 Å². The third-order valence-corrected chi connectivity index (χ3v) is 6.80. The lowest BCUT2D eigenvalue weighted by atomic mass is 10.2. The second-order valence-electron chi connectivity index (χ2n) is 6.59. The van der Waals surface area contributed by atoms with Gasteiger partial charge in [-0.25, -0.2) is 13.4 Å². The van der Waals surface area contributed by atoms with Gasteiger partial charge in [-0.05, 0) is 18.7 Å². The quantitative estimate of drug-likeness (QED) is 0.359. The van der Waals surface area contributed by atoms with Gasteiger partial charge < -0.3 is 20.3 Å². The van der Waals surface area contributed by atoms with E-state index in [4.69, 9.17) is 10.5 Å². The molecule has 2 aliphatic heterocycles. The van der Waals surface area contributed by atoms with Crippen LogP contribution in [0.15, 0.2) is 34.2 Å². The van der Waals surface area contributed by atoms with Crippen LogP contribution in [0.3, 0.4) is 0 Å². The van der Waals surface area contributed by atoms with Crippen molar-refractivity contribution in [2.45, 2.75) is 11.4 Å². The predicted octanol–water partition coefficient (Wildman–Crippen LogP) is 0.388. The van der Waals surface area contributed by atoms with Gasteiger partial charge in [0.2, 0.25) is 10.0 Å². The molecule has 0 aromatic heterocycles. The Morgan fingerprint density at radius 1 is 1.11 bits per heavy atom. The summed E-state index contributed by atoms with van der Waals surface area (Å²) in [6.45, 7) is 5.40. The molecule has 0 unspecified atom stereocenters. The molecule has 152 valence electrons. The zero-order valence-electron chi connectivity index (χ0n) is 15.6. The summed E-state index contributed by atoms with van der Waals surface area (Å²) in [6, 6.07) is 7.04. The average Bonchev–Trinajstić information content (AvgIpc) is 2.67. The van der Waals surface area contributed by atoms with Crippen LogP contribution in [0.1, 0.15) is 5.56 Å². The summed E-state index contributed by atoms with van der Waals surface area (Å²) >= 11 is 0. The molecule has 27 heavy (non-hydrogen) atoms. The minimum Gasteiger partial charge on any atom is -0.378 e. The van der Waals surface area contributed by atoms with Crippen LogP contribution in [0.4, 0.5) is 0 Å². The van der Waals surface area contributed by atoms with Crippen molar-refractivity contribution in [3.63, 3.8) is 0 Å². The second-order valence-corrected chi connectivity index (χ2v) is 8.50. The molecule has 2 heterocycles. The normalized spacial score (nSPS) is 20.3. The van der Waals surface area contributed by atoms with Gasteiger partial charge in [-0.2, -0.15) is 4.31 Å². The Kier molecular flexibility index (Phi) is 8.28. The summed E-state index contributed by atoms with van der Waals surface area (Å²) in [6.07, 6.45) is 0. The number of hydrogen-bond acceptors (Lipinski definition) is 5. The molecule has 0 aliphatic carbocycles. The predicted molar refractivity (Wildman–Crippen MR) is 116 cm³/mol. The summed E-state index contributed by atoms with van der Waals surface area (Å²) in [5.74, 6) is 0.431. The van der Waals surface area contributed by atoms with E-state index in [1.807, 2.05) is 18.0 Å². The topological polar surface area (TPSA) is 91.5 Å². The van der Waals surface area contributed by atoms with Crippen LogP contribution in [0.25, 0.3) is 0 Å². The number of ether oxygens (including phenoxy) is 1. The van der Waals surface area contributed by atoms with Gasteiger partial charge in [0.25, 0.3) is 0 Å². The molecule has 0 bridgehead atoms. The fraction of sp³-hybridized carbons (Fsp3) is 0.588. The molecular weight excluding hydrogens is 481 g/mol. The highest BCUT2D eigenvalue weighted by Gasteiger charge is 2.29. The lowest BCUT2D eigenvalue weighted by molar-refractivity contribution is 0.0674. The van der Waals surface area contributed by atoms with Gasteiger partial charge in [0.1, 0.15) is 0 Å². The lowest BCUT2D eigenvalue weighted by Crippen LogP contribution is -2.47. The number of guanidine groups is 1. The van der Waals surface area contributed by atoms with Crippen molar-refractivity contribution in [2.24, 2.45) is 10.7 Å². The first-order valence-electron chi connectivity index (χ1n) is 8.87. The first-order chi connectivity index (χ1) is 12.5. The highest BCUT2D eigenvalue weighted by atomic mass is 127. The zero-order valence-corrected chi connectivity index (χ0v) is 18.7. The molecule has 2 N–H and O–H groups in total. The van der Waals surface area contributed by atoms with Crippen molar-refractivity contribution >= 4 is 40.0 Å². The largest absolute Gasteiger partial charge is 0.378 e. The van der Waals surface area contributed by atoms with E-state index in [9.17, 15) is 8.42 Å².